The Morgan fingerprint density at radius 2 is 1.73 bits per heavy atom. The van der Waals surface area contributed by atoms with Crippen LogP contribution in [0.4, 0.5) is 8.78 Å². The van der Waals surface area contributed by atoms with Crippen LogP contribution in [-0.4, -0.2) is 47.2 Å². The van der Waals surface area contributed by atoms with Crippen LogP contribution < -0.4 is 14.2 Å². The topological polar surface area (TPSA) is 67.9 Å². The van der Waals surface area contributed by atoms with Gasteiger partial charge in [0, 0.05) is 25.7 Å². The second-order valence-corrected chi connectivity index (χ2v) is 9.54. The Morgan fingerprint density at radius 3 is 2.40 bits per heavy atom. The Labute approximate surface area is 183 Å². The maximum atomic E-state index is 13.9. The first-order valence-electron chi connectivity index (χ1n) is 9.35. The number of fused-ring (bicyclic) bond motifs is 1. The first-order valence-corrected chi connectivity index (χ1v) is 11.6. The summed E-state index contributed by atoms with van der Waals surface area (Å²) >= 11 is 2.88. The minimum absolute atomic E-state index is 0.108. The fourth-order valence-corrected chi connectivity index (χ4v) is 5.08. The molecule has 2 aromatic rings. The molecule has 30 heavy (non-hydrogen) atoms. The largest absolute Gasteiger partial charge is 0.493 e. The first kappa shape index (κ1) is 22.9. The van der Waals surface area contributed by atoms with Crippen molar-refractivity contribution in [2.45, 2.75) is 24.3 Å². The van der Waals surface area contributed by atoms with Gasteiger partial charge in [0.05, 0.1) is 18.7 Å². The number of ether oxygens (including phenoxy) is 2. The Hall–Kier alpha value is -1.75. The number of hydrogen-bond donors (Lipinski definition) is 1. The van der Waals surface area contributed by atoms with Crippen LogP contribution in [-0.2, 0) is 23.0 Å². The summed E-state index contributed by atoms with van der Waals surface area (Å²) < 4.78 is 64.8. The monoisotopic (exact) mass is 504 g/mol. The van der Waals surface area contributed by atoms with Crippen molar-refractivity contribution < 1.29 is 26.7 Å². The number of rotatable bonds is 8. The van der Waals surface area contributed by atoms with Gasteiger partial charge in [-0.05, 0) is 64.6 Å². The molecule has 1 aliphatic rings. The molecule has 0 aromatic heterocycles. The lowest BCUT2D eigenvalue weighted by Gasteiger charge is -2.29. The van der Waals surface area contributed by atoms with Crippen LogP contribution in [0.25, 0.3) is 0 Å². The fraction of sp³-hybridized carbons (Fsp3) is 0.400. The highest BCUT2D eigenvalue weighted by atomic mass is 79.9. The molecular weight excluding hydrogens is 482 g/mol. The molecule has 1 aliphatic heterocycles. The summed E-state index contributed by atoms with van der Waals surface area (Å²) in [5.41, 5.74) is 2.36. The van der Waals surface area contributed by atoms with Crippen LogP contribution in [0.15, 0.2) is 33.6 Å². The van der Waals surface area contributed by atoms with Gasteiger partial charge in [-0.25, -0.2) is 21.9 Å². The van der Waals surface area contributed by atoms with E-state index in [0.29, 0.717) is 30.5 Å². The van der Waals surface area contributed by atoms with Crippen molar-refractivity contribution in [3.8, 4) is 11.5 Å². The van der Waals surface area contributed by atoms with E-state index in [9.17, 15) is 17.2 Å². The fourth-order valence-electron chi connectivity index (χ4n) is 3.43. The van der Waals surface area contributed by atoms with Crippen LogP contribution in [0.2, 0.25) is 0 Å². The smallest absolute Gasteiger partial charge is 0.243 e. The van der Waals surface area contributed by atoms with Gasteiger partial charge >= 0.3 is 0 Å². The molecule has 0 bridgehead atoms. The zero-order chi connectivity index (χ0) is 21.9. The third kappa shape index (κ3) is 5.11. The zero-order valence-corrected chi connectivity index (χ0v) is 19.1. The number of nitrogens with one attached hydrogen (secondary N) is 1. The summed E-state index contributed by atoms with van der Waals surface area (Å²) in [6, 6.07) is 5.44. The first-order chi connectivity index (χ1) is 14.2. The number of methoxy groups -OCH3 is 2. The van der Waals surface area contributed by atoms with Crippen molar-refractivity contribution in [1.29, 1.82) is 0 Å². The van der Waals surface area contributed by atoms with Crippen LogP contribution in [0.5, 0.6) is 11.5 Å². The van der Waals surface area contributed by atoms with Crippen molar-refractivity contribution >= 4 is 26.0 Å². The van der Waals surface area contributed by atoms with E-state index in [2.05, 4.69) is 25.6 Å². The van der Waals surface area contributed by atoms with Gasteiger partial charge in [0.2, 0.25) is 10.0 Å². The van der Waals surface area contributed by atoms with Crippen molar-refractivity contribution in [1.82, 2.24) is 9.62 Å². The van der Waals surface area contributed by atoms with E-state index in [0.717, 1.165) is 31.1 Å². The predicted molar refractivity (Wildman–Crippen MR) is 112 cm³/mol. The van der Waals surface area contributed by atoms with E-state index in [-0.39, 0.29) is 11.0 Å². The highest BCUT2D eigenvalue weighted by Crippen LogP contribution is 2.33. The molecule has 0 unspecified atom stereocenters. The minimum Gasteiger partial charge on any atom is -0.493 e. The third-order valence-electron chi connectivity index (χ3n) is 5.00. The van der Waals surface area contributed by atoms with Crippen molar-refractivity contribution in [2.75, 3.05) is 33.9 Å². The normalized spacial score (nSPS) is 14.4. The lowest BCUT2D eigenvalue weighted by Crippen LogP contribution is -2.34. The van der Waals surface area contributed by atoms with Gasteiger partial charge in [-0.15, -0.1) is 0 Å². The molecule has 3 rings (SSSR count). The zero-order valence-electron chi connectivity index (χ0n) is 16.7. The van der Waals surface area contributed by atoms with E-state index in [4.69, 9.17) is 9.47 Å². The molecule has 10 heteroatoms. The molecule has 2 aromatic carbocycles. The average Bonchev–Trinajstić information content (AvgIpc) is 2.72. The molecule has 164 valence electrons. The Bertz CT molecular complexity index is 1030. The highest BCUT2D eigenvalue weighted by Gasteiger charge is 2.22. The van der Waals surface area contributed by atoms with Crippen molar-refractivity contribution in [3.63, 3.8) is 0 Å². The standard InChI is InChI=1S/C20H23BrF2N2O4S/c1-28-18-8-13-4-7-25(12-14(13)9-19(18)29-2)6-3-5-24-30(26,27)20-10-15(21)16(22)11-17(20)23/h8-11,24H,3-7,12H2,1-2H3. The number of nitrogens with zero attached hydrogens (tertiary/aromatic N) is 1. The summed E-state index contributed by atoms with van der Waals surface area (Å²) in [5.74, 6) is -0.594. The van der Waals surface area contributed by atoms with Gasteiger partial charge in [0.25, 0.3) is 0 Å². The second-order valence-electron chi connectivity index (χ2n) is 6.95. The Morgan fingerprint density at radius 1 is 1.07 bits per heavy atom. The maximum Gasteiger partial charge on any atom is 0.243 e. The highest BCUT2D eigenvalue weighted by molar-refractivity contribution is 9.10. The Balaban J connectivity index is 1.56. The molecule has 1 heterocycles. The van der Waals surface area contributed by atoms with Gasteiger partial charge in [-0.3, -0.25) is 4.90 Å². The molecule has 0 radical (unpaired) electrons. The Kier molecular flexibility index (Phi) is 7.33. The van der Waals surface area contributed by atoms with E-state index in [1.807, 2.05) is 12.1 Å². The van der Waals surface area contributed by atoms with Gasteiger partial charge < -0.3 is 9.47 Å². The molecular formula is C20H23BrF2N2O4S. The average molecular weight is 505 g/mol. The predicted octanol–water partition coefficient (Wildman–Crippen LogP) is 3.47. The third-order valence-corrected chi connectivity index (χ3v) is 7.09. The SMILES string of the molecule is COc1cc2c(cc1OC)CN(CCCNS(=O)(=O)c1cc(Br)c(F)cc1F)CC2. The summed E-state index contributed by atoms with van der Waals surface area (Å²) in [5, 5.41) is 0. The van der Waals surface area contributed by atoms with Crippen molar-refractivity contribution in [3.05, 3.63) is 51.5 Å². The molecule has 0 atom stereocenters. The van der Waals surface area contributed by atoms with E-state index in [1.54, 1.807) is 14.2 Å². The van der Waals surface area contributed by atoms with Crippen LogP contribution >= 0.6 is 15.9 Å². The molecule has 0 saturated heterocycles. The van der Waals surface area contributed by atoms with Gasteiger partial charge in [0.15, 0.2) is 11.5 Å². The molecule has 0 amide bonds. The lowest BCUT2D eigenvalue weighted by atomic mass is 9.98. The second kappa shape index (κ2) is 9.59. The summed E-state index contributed by atoms with van der Waals surface area (Å²) in [7, 11) is -0.864. The van der Waals surface area contributed by atoms with Crippen LogP contribution in [0, 0.1) is 11.6 Å². The van der Waals surface area contributed by atoms with Crippen molar-refractivity contribution in [2.24, 2.45) is 0 Å². The maximum absolute atomic E-state index is 13.9. The lowest BCUT2D eigenvalue weighted by molar-refractivity contribution is 0.250. The molecule has 0 spiro atoms. The quantitative estimate of drug-likeness (QED) is 0.440. The van der Waals surface area contributed by atoms with Gasteiger partial charge in [-0.2, -0.15) is 0 Å². The summed E-state index contributed by atoms with van der Waals surface area (Å²) in [6.07, 6.45) is 1.40. The van der Waals surface area contributed by atoms with Gasteiger partial charge in [0.1, 0.15) is 16.5 Å². The number of hydrogen-bond acceptors (Lipinski definition) is 5. The number of benzene rings is 2. The van der Waals surface area contributed by atoms with Gasteiger partial charge in [-0.1, -0.05) is 0 Å². The molecule has 1 N–H and O–H groups in total. The van der Waals surface area contributed by atoms with E-state index < -0.39 is 26.6 Å². The van der Waals surface area contributed by atoms with Crippen LogP contribution in [0.1, 0.15) is 17.5 Å². The van der Waals surface area contributed by atoms with E-state index in [1.165, 1.54) is 5.56 Å². The summed E-state index contributed by atoms with van der Waals surface area (Å²) in [6.45, 7) is 2.38. The molecule has 0 fully saturated rings. The summed E-state index contributed by atoms with van der Waals surface area (Å²) in [4.78, 5) is 1.64. The van der Waals surface area contributed by atoms with E-state index >= 15 is 0 Å². The number of sulfonamides is 1. The minimum atomic E-state index is -4.07. The molecule has 0 saturated carbocycles. The van der Waals surface area contributed by atoms with Crippen LogP contribution in [0.3, 0.4) is 0 Å². The number of halogens is 3. The molecule has 6 nitrogen and oxygen atoms in total. The molecule has 0 aliphatic carbocycles.